The summed E-state index contributed by atoms with van der Waals surface area (Å²) in [5.74, 6) is -2.72. The molecule has 2 amide bonds. The summed E-state index contributed by atoms with van der Waals surface area (Å²) < 4.78 is 10.3. The smallest absolute Gasteiger partial charge is 0.352 e. The van der Waals surface area contributed by atoms with E-state index in [9.17, 15) is 24.3 Å². The number of thioether (sulfide) groups is 1. The van der Waals surface area contributed by atoms with Crippen LogP contribution in [0.15, 0.2) is 28.8 Å². The molecule has 1 fully saturated rings. The molecule has 150 valence electrons. The molecule has 2 N–H and O–H groups in total. The Hall–Kier alpha value is -2.37. The van der Waals surface area contributed by atoms with E-state index in [1.54, 1.807) is 6.07 Å². The highest BCUT2D eigenvalue weighted by Crippen LogP contribution is 2.46. The number of hydrogen-bond donors (Lipinski definition) is 2. The molecule has 2 aliphatic rings. The summed E-state index contributed by atoms with van der Waals surface area (Å²) >= 11 is 2.65. The molecular formula is C17H18N2O7S2. The van der Waals surface area contributed by atoms with Crippen molar-refractivity contribution in [2.75, 3.05) is 19.5 Å². The molecule has 2 atom stereocenters. The van der Waals surface area contributed by atoms with Gasteiger partial charge in [0.05, 0.1) is 6.42 Å². The van der Waals surface area contributed by atoms with Crippen molar-refractivity contribution in [2.24, 2.45) is 0 Å². The number of hydrogen-bond acceptors (Lipinski definition) is 8. The molecule has 0 bridgehead atoms. The summed E-state index contributed by atoms with van der Waals surface area (Å²) in [6.07, 6.45) is 0.0901. The van der Waals surface area contributed by atoms with Gasteiger partial charge in [-0.3, -0.25) is 19.3 Å². The largest absolute Gasteiger partial charge is 0.477 e. The zero-order valence-corrected chi connectivity index (χ0v) is 16.7. The van der Waals surface area contributed by atoms with Gasteiger partial charge in [-0.15, -0.1) is 23.1 Å². The number of fused-ring (bicyclic) bond motifs is 1. The molecule has 28 heavy (non-hydrogen) atoms. The molecule has 9 nitrogen and oxygen atoms in total. The molecule has 3 heterocycles. The summed E-state index contributed by atoms with van der Waals surface area (Å²) in [4.78, 5) is 50.0. The first-order valence-electron chi connectivity index (χ1n) is 8.22. The number of carboxylic acids is 1. The highest BCUT2D eigenvalue weighted by atomic mass is 32.2. The molecule has 0 aliphatic carbocycles. The lowest BCUT2D eigenvalue weighted by molar-refractivity contribution is -0.192. The first kappa shape index (κ1) is 20.4. The summed E-state index contributed by atoms with van der Waals surface area (Å²) in [6.45, 7) is 0.999. The Bertz CT molecular complexity index is 852. The van der Waals surface area contributed by atoms with E-state index in [0.717, 1.165) is 9.78 Å². The highest BCUT2D eigenvalue weighted by Gasteiger charge is 2.66. The van der Waals surface area contributed by atoms with Crippen molar-refractivity contribution < 1.29 is 33.8 Å². The number of carbonyl (C=O) groups excluding carboxylic acids is 3. The molecular weight excluding hydrogens is 408 g/mol. The number of ether oxygens (including phenoxy) is 2. The molecule has 0 spiro atoms. The Balaban J connectivity index is 1.81. The Labute approximate surface area is 168 Å². The van der Waals surface area contributed by atoms with Crippen LogP contribution in [-0.2, 0) is 35.1 Å². The maximum atomic E-state index is 12.9. The molecule has 1 saturated heterocycles. The SMILES string of the molecule is CO[C@@]1(NC(=O)Cc2cccs2)C(=O)N2C(C(=O)O)=C(COC(C)=O)CS[C@H]21. The lowest BCUT2D eigenvalue weighted by Crippen LogP contribution is -2.80. The van der Waals surface area contributed by atoms with E-state index in [1.807, 2.05) is 11.4 Å². The summed E-state index contributed by atoms with van der Waals surface area (Å²) in [5, 5.41) is 13.3. The zero-order chi connectivity index (χ0) is 20.5. The summed E-state index contributed by atoms with van der Waals surface area (Å²) in [7, 11) is 1.29. The molecule has 0 radical (unpaired) electrons. The van der Waals surface area contributed by atoms with Gasteiger partial charge in [-0.1, -0.05) is 6.07 Å². The van der Waals surface area contributed by atoms with E-state index in [2.05, 4.69) is 5.32 Å². The minimum atomic E-state index is -1.63. The van der Waals surface area contributed by atoms with Crippen LogP contribution in [0.1, 0.15) is 11.8 Å². The minimum Gasteiger partial charge on any atom is -0.477 e. The highest BCUT2D eigenvalue weighted by molar-refractivity contribution is 8.00. The van der Waals surface area contributed by atoms with Crippen LogP contribution in [0, 0.1) is 0 Å². The van der Waals surface area contributed by atoms with Gasteiger partial charge in [0, 0.05) is 30.2 Å². The van der Waals surface area contributed by atoms with Gasteiger partial charge >= 0.3 is 11.9 Å². The second kappa shape index (κ2) is 7.94. The number of aliphatic carboxylic acids is 1. The van der Waals surface area contributed by atoms with Gasteiger partial charge in [-0.2, -0.15) is 0 Å². The first-order valence-corrected chi connectivity index (χ1v) is 10.2. The molecule has 1 aromatic rings. The average Bonchev–Trinajstić information content (AvgIpc) is 3.15. The van der Waals surface area contributed by atoms with Crippen LogP contribution < -0.4 is 5.32 Å². The lowest BCUT2D eigenvalue weighted by Gasteiger charge is -2.55. The number of thiophene rings is 1. The Morgan fingerprint density at radius 3 is 2.75 bits per heavy atom. The fourth-order valence-corrected chi connectivity index (χ4v) is 5.19. The number of nitrogens with zero attached hydrogens (tertiary/aromatic N) is 1. The van der Waals surface area contributed by atoms with Gasteiger partial charge < -0.3 is 19.9 Å². The normalized spacial score (nSPS) is 23.7. The van der Waals surface area contributed by atoms with Crippen LogP contribution >= 0.6 is 23.1 Å². The van der Waals surface area contributed by atoms with Crippen LogP contribution in [0.4, 0.5) is 0 Å². The van der Waals surface area contributed by atoms with E-state index in [1.165, 1.54) is 37.1 Å². The Morgan fingerprint density at radius 2 is 2.18 bits per heavy atom. The topological polar surface area (TPSA) is 122 Å². The predicted molar refractivity (Wildman–Crippen MR) is 100 cm³/mol. The maximum Gasteiger partial charge on any atom is 0.352 e. The number of β-lactam (4-membered cyclic amide) rings is 1. The second-order valence-electron chi connectivity index (χ2n) is 6.12. The third-order valence-corrected chi connectivity index (χ3v) is 6.57. The van der Waals surface area contributed by atoms with Gasteiger partial charge in [0.25, 0.3) is 11.6 Å². The second-order valence-corrected chi connectivity index (χ2v) is 8.22. The standard InChI is InChI=1S/C17H18N2O7S2/c1-9(20)26-7-10-8-28-16-17(25-2,15(24)19(16)13(10)14(22)23)18-12(21)6-11-4-3-5-27-11/h3-5,16H,6-8H2,1-2H3,(H,18,21)(H,22,23)/t16-,17-/m0/s1. The third-order valence-electron chi connectivity index (χ3n) is 4.32. The van der Waals surface area contributed by atoms with Crippen LogP contribution in [0.2, 0.25) is 0 Å². The van der Waals surface area contributed by atoms with Crippen molar-refractivity contribution in [1.82, 2.24) is 10.2 Å². The third kappa shape index (κ3) is 3.52. The van der Waals surface area contributed by atoms with Gasteiger partial charge in [0.1, 0.15) is 17.7 Å². The van der Waals surface area contributed by atoms with Crippen molar-refractivity contribution in [1.29, 1.82) is 0 Å². The van der Waals surface area contributed by atoms with Crippen LogP contribution in [0.5, 0.6) is 0 Å². The summed E-state index contributed by atoms with van der Waals surface area (Å²) in [6, 6.07) is 3.63. The van der Waals surface area contributed by atoms with E-state index >= 15 is 0 Å². The molecule has 1 aromatic heterocycles. The van der Waals surface area contributed by atoms with Crippen molar-refractivity contribution in [2.45, 2.75) is 24.4 Å². The van der Waals surface area contributed by atoms with Gasteiger partial charge in [-0.05, 0) is 11.4 Å². The molecule has 2 aliphatic heterocycles. The van der Waals surface area contributed by atoms with E-state index in [-0.39, 0.29) is 24.5 Å². The fraction of sp³-hybridized carbons (Fsp3) is 0.412. The van der Waals surface area contributed by atoms with E-state index < -0.39 is 34.9 Å². The Morgan fingerprint density at radius 1 is 1.43 bits per heavy atom. The Kier molecular flexibility index (Phi) is 5.77. The number of esters is 1. The molecule has 11 heteroatoms. The van der Waals surface area contributed by atoms with Gasteiger partial charge in [-0.25, -0.2) is 4.79 Å². The zero-order valence-electron chi connectivity index (χ0n) is 15.1. The average molecular weight is 426 g/mol. The molecule has 0 saturated carbocycles. The minimum absolute atomic E-state index is 0.0901. The quantitative estimate of drug-likeness (QED) is 0.369. The van der Waals surface area contributed by atoms with Crippen molar-refractivity contribution in [3.8, 4) is 0 Å². The van der Waals surface area contributed by atoms with Crippen LogP contribution in [0.25, 0.3) is 0 Å². The predicted octanol–water partition coefficient (Wildman–Crippen LogP) is 0.566. The van der Waals surface area contributed by atoms with Crippen LogP contribution in [-0.4, -0.2) is 64.3 Å². The maximum absolute atomic E-state index is 12.9. The number of rotatable bonds is 7. The van der Waals surface area contributed by atoms with Crippen LogP contribution in [0.3, 0.4) is 0 Å². The number of nitrogens with one attached hydrogen (secondary N) is 1. The molecule has 0 aromatic carbocycles. The monoisotopic (exact) mass is 426 g/mol. The first-order chi connectivity index (χ1) is 13.3. The number of amides is 2. The summed E-state index contributed by atoms with van der Waals surface area (Å²) in [5.41, 5.74) is -1.56. The number of carboxylic acid groups (broad SMARTS) is 1. The molecule has 0 unspecified atom stereocenters. The van der Waals surface area contributed by atoms with Gasteiger partial charge in [0.2, 0.25) is 5.91 Å². The van der Waals surface area contributed by atoms with Crippen molar-refractivity contribution in [3.63, 3.8) is 0 Å². The number of carbonyl (C=O) groups is 4. The van der Waals surface area contributed by atoms with Crippen molar-refractivity contribution in [3.05, 3.63) is 33.7 Å². The van der Waals surface area contributed by atoms with E-state index in [0.29, 0.717) is 5.57 Å². The molecule has 3 rings (SSSR count). The fourth-order valence-electron chi connectivity index (χ4n) is 3.07. The van der Waals surface area contributed by atoms with Crippen molar-refractivity contribution >= 4 is 46.9 Å². The lowest BCUT2D eigenvalue weighted by atomic mass is 9.98. The van der Waals surface area contributed by atoms with E-state index in [4.69, 9.17) is 9.47 Å². The number of methoxy groups -OCH3 is 1. The van der Waals surface area contributed by atoms with Gasteiger partial charge in [0.15, 0.2) is 0 Å².